The molecule has 1 fully saturated rings. The molecule has 17 heavy (non-hydrogen) atoms. The van der Waals surface area contributed by atoms with E-state index in [1.165, 1.54) is 71.0 Å². The molecule has 1 N–H and O–H groups in total. The summed E-state index contributed by atoms with van der Waals surface area (Å²) in [5.41, 5.74) is 0. The number of hydrogen-bond acceptors (Lipinski definition) is 2. The van der Waals surface area contributed by atoms with Crippen molar-refractivity contribution in [3.63, 3.8) is 0 Å². The third-order valence-electron chi connectivity index (χ3n) is 3.93. The van der Waals surface area contributed by atoms with E-state index in [4.69, 9.17) is 0 Å². The zero-order chi connectivity index (χ0) is 12.3. The highest BCUT2D eigenvalue weighted by atomic mass is 15.2. The minimum Gasteiger partial charge on any atom is -0.315 e. The lowest BCUT2D eigenvalue weighted by Gasteiger charge is -2.36. The molecule has 2 nitrogen and oxygen atoms in total. The van der Waals surface area contributed by atoms with E-state index in [0.717, 1.165) is 12.6 Å². The van der Waals surface area contributed by atoms with E-state index in [9.17, 15) is 0 Å². The quantitative estimate of drug-likeness (QED) is 0.621. The smallest absolute Gasteiger partial charge is 0.0220 e. The fraction of sp³-hybridized carbons (Fsp3) is 1.00. The van der Waals surface area contributed by atoms with Crippen molar-refractivity contribution < 1.29 is 0 Å². The van der Waals surface area contributed by atoms with Crippen LogP contribution in [0.3, 0.4) is 0 Å². The second kappa shape index (κ2) is 9.90. The van der Waals surface area contributed by atoms with Gasteiger partial charge in [0.2, 0.25) is 0 Å². The van der Waals surface area contributed by atoms with Crippen molar-refractivity contribution in [2.24, 2.45) is 0 Å². The first-order chi connectivity index (χ1) is 8.38. The molecule has 1 unspecified atom stereocenters. The van der Waals surface area contributed by atoms with Gasteiger partial charge in [0.05, 0.1) is 0 Å². The first-order valence-electron chi connectivity index (χ1n) is 7.83. The monoisotopic (exact) mass is 240 g/mol. The topological polar surface area (TPSA) is 15.3 Å². The van der Waals surface area contributed by atoms with Gasteiger partial charge in [0.15, 0.2) is 0 Å². The highest BCUT2D eigenvalue weighted by molar-refractivity contribution is 4.78. The van der Waals surface area contributed by atoms with Gasteiger partial charge in [-0.25, -0.2) is 0 Å². The first-order valence-corrected chi connectivity index (χ1v) is 7.83. The zero-order valence-corrected chi connectivity index (χ0v) is 12.0. The molecular weight excluding hydrogens is 208 g/mol. The maximum Gasteiger partial charge on any atom is 0.0220 e. The summed E-state index contributed by atoms with van der Waals surface area (Å²) in [6, 6.07) is 0.815. The SMILES string of the molecule is CCCCCCCN1CCCCC1CNCC. The molecule has 1 heterocycles. The van der Waals surface area contributed by atoms with Crippen LogP contribution in [-0.4, -0.2) is 37.1 Å². The van der Waals surface area contributed by atoms with Crippen LogP contribution in [-0.2, 0) is 0 Å². The molecule has 2 heteroatoms. The lowest BCUT2D eigenvalue weighted by Crippen LogP contribution is -2.45. The van der Waals surface area contributed by atoms with Crippen molar-refractivity contribution in [1.29, 1.82) is 0 Å². The number of likely N-dealkylation sites (tertiary alicyclic amines) is 1. The number of likely N-dealkylation sites (N-methyl/N-ethyl adjacent to an activating group) is 1. The van der Waals surface area contributed by atoms with Crippen LogP contribution in [0.25, 0.3) is 0 Å². The maximum atomic E-state index is 3.52. The lowest BCUT2D eigenvalue weighted by atomic mass is 10.0. The molecule has 0 aliphatic carbocycles. The summed E-state index contributed by atoms with van der Waals surface area (Å²) in [6.45, 7) is 9.48. The molecule has 1 aliphatic heterocycles. The largest absolute Gasteiger partial charge is 0.315 e. The third kappa shape index (κ3) is 6.42. The summed E-state index contributed by atoms with van der Waals surface area (Å²) in [5, 5.41) is 3.52. The molecule has 0 amide bonds. The molecule has 0 aromatic rings. The second-order valence-electron chi connectivity index (χ2n) is 5.41. The van der Waals surface area contributed by atoms with Crippen molar-refractivity contribution in [3.8, 4) is 0 Å². The van der Waals surface area contributed by atoms with Gasteiger partial charge in [0, 0.05) is 12.6 Å². The Morgan fingerprint density at radius 3 is 2.65 bits per heavy atom. The molecule has 0 spiro atoms. The van der Waals surface area contributed by atoms with Crippen LogP contribution >= 0.6 is 0 Å². The summed E-state index contributed by atoms with van der Waals surface area (Å²) in [5.74, 6) is 0. The Kier molecular flexibility index (Phi) is 8.72. The van der Waals surface area contributed by atoms with Gasteiger partial charge >= 0.3 is 0 Å². The molecule has 0 bridgehead atoms. The van der Waals surface area contributed by atoms with Crippen molar-refractivity contribution >= 4 is 0 Å². The van der Waals surface area contributed by atoms with Crippen molar-refractivity contribution in [1.82, 2.24) is 10.2 Å². The molecule has 0 saturated carbocycles. The predicted octanol–water partition coefficient (Wildman–Crippen LogP) is 3.42. The minimum atomic E-state index is 0.815. The highest BCUT2D eigenvalue weighted by Crippen LogP contribution is 2.17. The third-order valence-corrected chi connectivity index (χ3v) is 3.93. The molecular formula is C15H32N2. The second-order valence-corrected chi connectivity index (χ2v) is 5.41. The summed E-state index contributed by atoms with van der Waals surface area (Å²) < 4.78 is 0. The van der Waals surface area contributed by atoms with Crippen molar-refractivity contribution in [2.75, 3.05) is 26.2 Å². The number of piperidine rings is 1. The fourth-order valence-corrected chi connectivity index (χ4v) is 2.81. The van der Waals surface area contributed by atoms with Crippen LogP contribution in [0.15, 0.2) is 0 Å². The Morgan fingerprint density at radius 1 is 1.06 bits per heavy atom. The zero-order valence-electron chi connectivity index (χ0n) is 12.0. The lowest BCUT2D eigenvalue weighted by molar-refractivity contribution is 0.143. The minimum absolute atomic E-state index is 0.815. The van der Waals surface area contributed by atoms with Gasteiger partial charge in [-0.2, -0.15) is 0 Å². The van der Waals surface area contributed by atoms with Crippen LogP contribution in [0.5, 0.6) is 0 Å². The molecule has 1 saturated heterocycles. The molecule has 0 radical (unpaired) electrons. The Bertz CT molecular complexity index is 170. The van der Waals surface area contributed by atoms with Crippen LogP contribution in [0.1, 0.15) is 65.2 Å². The number of hydrogen-bond donors (Lipinski definition) is 1. The molecule has 0 aromatic heterocycles. The van der Waals surface area contributed by atoms with E-state index >= 15 is 0 Å². The fourth-order valence-electron chi connectivity index (χ4n) is 2.81. The van der Waals surface area contributed by atoms with E-state index in [2.05, 4.69) is 24.1 Å². The van der Waals surface area contributed by atoms with Gasteiger partial charge in [-0.3, -0.25) is 4.90 Å². The van der Waals surface area contributed by atoms with Crippen molar-refractivity contribution in [2.45, 2.75) is 71.3 Å². The first kappa shape index (κ1) is 15.0. The Morgan fingerprint density at radius 2 is 1.88 bits per heavy atom. The molecule has 1 atom stereocenters. The van der Waals surface area contributed by atoms with Gasteiger partial charge in [-0.05, 0) is 38.9 Å². The van der Waals surface area contributed by atoms with Crippen LogP contribution in [0.2, 0.25) is 0 Å². The molecule has 1 aliphatic rings. The van der Waals surface area contributed by atoms with E-state index in [0.29, 0.717) is 0 Å². The van der Waals surface area contributed by atoms with Crippen LogP contribution in [0.4, 0.5) is 0 Å². The normalized spacial score (nSPS) is 21.9. The van der Waals surface area contributed by atoms with Gasteiger partial charge in [0.1, 0.15) is 0 Å². The number of nitrogens with one attached hydrogen (secondary N) is 1. The number of nitrogens with zero attached hydrogens (tertiary/aromatic N) is 1. The average molecular weight is 240 g/mol. The summed E-state index contributed by atoms with van der Waals surface area (Å²) in [6.07, 6.45) is 11.3. The van der Waals surface area contributed by atoms with Gasteiger partial charge in [-0.15, -0.1) is 0 Å². The molecule has 102 valence electrons. The Balaban J connectivity index is 2.13. The van der Waals surface area contributed by atoms with Crippen LogP contribution < -0.4 is 5.32 Å². The predicted molar refractivity (Wildman–Crippen MR) is 76.5 cm³/mol. The molecule has 0 aromatic carbocycles. The number of rotatable bonds is 9. The Labute approximate surface area is 108 Å². The highest BCUT2D eigenvalue weighted by Gasteiger charge is 2.20. The van der Waals surface area contributed by atoms with E-state index in [1.807, 2.05) is 0 Å². The van der Waals surface area contributed by atoms with Gasteiger partial charge in [0.25, 0.3) is 0 Å². The van der Waals surface area contributed by atoms with Crippen LogP contribution in [0, 0.1) is 0 Å². The van der Waals surface area contributed by atoms with Gasteiger partial charge in [-0.1, -0.05) is 46.0 Å². The van der Waals surface area contributed by atoms with Gasteiger partial charge < -0.3 is 5.32 Å². The summed E-state index contributed by atoms with van der Waals surface area (Å²) in [4.78, 5) is 2.73. The average Bonchev–Trinajstić information content (AvgIpc) is 2.37. The van der Waals surface area contributed by atoms with Crippen molar-refractivity contribution in [3.05, 3.63) is 0 Å². The Hall–Kier alpha value is -0.0800. The van der Waals surface area contributed by atoms with E-state index in [1.54, 1.807) is 0 Å². The summed E-state index contributed by atoms with van der Waals surface area (Å²) in [7, 11) is 0. The molecule has 1 rings (SSSR count). The standard InChI is InChI=1S/C15H32N2/c1-3-5-6-7-9-12-17-13-10-8-11-15(17)14-16-4-2/h15-16H,3-14H2,1-2H3. The summed E-state index contributed by atoms with van der Waals surface area (Å²) >= 11 is 0. The maximum absolute atomic E-state index is 3.52. The van der Waals surface area contributed by atoms with E-state index < -0.39 is 0 Å². The van der Waals surface area contributed by atoms with E-state index in [-0.39, 0.29) is 0 Å². The number of unbranched alkanes of at least 4 members (excludes halogenated alkanes) is 4.